The summed E-state index contributed by atoms with van der Waals surface area (Å²) < 4.78 is 0. The largest absolute Gasteiger partial charge is 0.371 e. The van der Waals surface area contributed by atoms with Gasteiger partial charge < -0.3 is 10.2 Å². The molecule has 0 spiro atoms. The zero-order valence-electron chi connectivity index (χ0n) is 11.2. The SMILES string of the molecule is CC(=O)NCC1CCN(c2cccc(C#N)c2)CC1. The summed E-state index contributed by atoms with van der Waals surface area (Å²) in [6.07, 6.45) is 2.16. The summed E-state index contributed by atoms with van der Waals surface area (Å²) >= 11 is 0. The lowest BCUT2D eigenvalue weighted by Gasteiger charge is -2.33. The van der Waals surface area contributed by atoms with Crippen LogP contribution in [0.2, 0.25) is 0 Å². The molecule has 100 valence electrons. The van der Waals surface area contributed by atoms with Crippen molar-refractivity contribution < 1.29 is 4.79 Å². The molecule has 1 amide bonds. The van der Waals surface area contributed by atoms with Crippen LogP contribution in [0.4, 0.5) is 5.69 Å². The summed E-state index contributed by atoms with van der Waals surface area (Å²) in [5, 5.41) is 11.8. The van der Waals surface area contributed by atoms with Crippen molar-refractivity contribution in [3.05, 3.63) is 29.8 Å². The smallest absolute Gasteiger partial charge is 0.216 e. The highest BCUT2D eigenvalue weighted by Crippen LogP contribution is 2.23. The Balaban J connectivity index is 1.89. The Morgan fingerprint density at radius 3 is 2.84 bits per heavy atom. The minimum absolute atomic E-state index is 0.0455. The van der Waals surface area contributed by atoms with Crippen LogP contribution in [0.25, 0.3) is 0 Å². The van der Waals surface area contributed by atoms with Crippen molar-refractivity contribution in [1.29, 1.82) is 5.26 Å². The van der Waals surface area contributed by atoms with Crippen LogP contribution in [0.1, 0.15) is 25.3 Å². The number of carbonyl (C=O) groups is 1. The minimum Gasteiger partial charge on any atom is -0.371 e. The number of benzene rings is 1. The number of carbonyl (C=O) groups excluding carboxylic acids is 1. The van der Waals surface area contributed by atoms with Crippen LogP contribution in [0.3, 0.4) is 0 Å². The van der Waals surface area contributed by atoms with Crippen molar-refractivity contribution in [2.45, 2.75) is 19.8 Å². The van der Waals surface area contributed by atoms with E-state index >= 15 is 0 Å². The normalized spacial score (nSPS) is 15.9. The van der Waals surface area contributed by atoms with Gasteiger partial charge in [-0.05, 0) is 37.0 Å². The number of nitrogens with zero attached hydrogens (tertiary/aromatic N) is 2. The molecule has 0 aliphatic carbocycles. The van der Waals surface area contributed by atoms with Gasteiger partial charge in [-0.1, -0.05) is 6.07 Å². The molecule has 0 atom stereocenters. The first-order valence-electron chi connectivity index (χ1n) is 6.68. The fourth-order valence-corrected chi connectivity index (χ4v) is 2.46. The second-order valence-corrected chi connectivity index (χ2v) is 5.03. The highest BCUT2D eigenvalue weighted by atomic mass is 16.1. The number of rotatable bonds is 3. The van der Waals surface area contributed by atoms with Crippen LogP contribution in [0.5, 0.6) is 0 Å². The van der Waals surface area contributed by atoms with Crippen LogP contribution >= 0.6 is 0 Å². The maximum atomic E-state index is 10.9. The first-order valence-corrected chi connectivity index (χ1v) is 6.68. The van der Waals surface area contributed by atoms with Crippen molar-refractivity contribution in [2.75, 3.05) is 24.5 Å². The third-order valence-electron chi connectivity index (χ3n) is 3.59. The Kier molecular flexibility index (Phi) is 4.40. The molecule has 19 heavy (non-hydrogen) atoms. The number of piperidine rings is 1. The Labute approximate surface area is 114 Å². The second kappa shape index (κ2) is 6.24. The molecule has 1 aliphatic rings. The van der Waals surface area contributed by atoms with Gasteiger partial charge in [-0.2, -0.15) is 5.26 Å². The molecule has 1 heterocycles. The van der Waals surface area contributed by atoms with Crippen molar-refractivity contribution in [3.8, 4) is 6.07 Å². The quantitative estimate of drug-likeness (QED) is 0.900. The number of anilines is 1. The van der Waals surface area contributed by atoms with Crippen LogP contribution in [-0.4, -0.2) is 25.5 Å². The first kappa shape index (κ1) is 13.4. The zero-order chi connectivity index (χ0) is 13.7. The Morgan fingerprint density at radius 2 is 2.21 bits per heavy atom. The number of nitrogens with one attached hydrogen (secondary N) is 1. The molecule has 1 saturated heterocycles. The van der Waals surface area contributed by atoms with Gasteiger partial charge in [0.15, 0.2) is 0 Å². The lowest BCUT2D eigenvalue weighted by molar-refractivity contribution is -0.119. The van der Waals surface area contributed by atoms with Crippen LogP contribution in [0.15, 0.2) is 24.3 Å². The number of amides is 1. The maximum absolute atomic E-state index is 10.9. The summed E-state index contributed by atoms with van der Waals surface area (Å²) in [6.45, 7) is 4.31. The molecule has 1 aliphatic heterocycles. The zero-order valence-corrected chi connectivity index (χ0v) is 11.2. The van der Waals surface area contributed by atoms with Crippen molar-refractivity contribution in [2.24, 2.45) is 5.92 Å². The van der Waals surface area contributed by atoms with E-state index < -0.39 is 0 Å². The van der Waals surface area contributed by atoms with Crippen LogP contribution < -0.4 is 10.2 Å². The molecule has 0 unspecified atom stereocenters. The van der Waals surface area contributed by atoms with Crippen molar-refractivity contribution >= 4 is 11.6 Å². The molecule has 1 fully saturated rings. The van der Waals surface area contributed by atoms with Crippen LogP contribution in [0, 0.1) is 17.2 Å². The molecule has 0 radical (unpaired) electrons. The predicted octanol–water partition coefficient (Wildman–Crippen LogP) is 1.91. The Morgan fingerprint density at radius 1 is 1.47 bits per heavy atom. The van der Waals surface area contributed by atoms with Crippen LogP contribution in [-0.2, 0) is 4.79 Å². The van der Waals surface area contributed by atoms with Gasteiger partial charge in [-0.25, -0.2) is 0 Å². The second-order valence-electron chi connectivity index (χ2n) is 5.03. The van der Waals surface area contributed by atoms with Crippen molar-refractivity contribution in [1.82, 2.24) is 5.32 Å². The molecule has 0 saturated carbocycles. The molecule has 4 nitrogen and oxygen atoms in total. The molecule has 0 bridgehead atoms. The molecule has 1 aromatic carbocycles. The number of nitriles is 1. The highest BCUT2D eigenvalue weighted by Gasteiger charge is 2.19. The molecule has 1 N–H and O–H groups in total. The van der Waals surface area contributed by atoms with Gasteiger partial charge >= 0.3 is 0 Å². The van der Waals surface area contributed by atoms with E-state index in [0.717, 1.165) is 38.2 Å². The molecule has 1 aromatic rings. The van der Waals surface area contributed by atoms with E-state index in [1.54, 1.807) is 6.92 Å². The van der Waals surface area contributed by atoms with Gasteiger partial charge in [0, 0.05) is 32.2 Å². The summed E-state index contributed by atoms with van der Waals surface area (Å²) in [4.78, 5) is 13.2. The van der Waals surface area contributed by atoms with Gasteiger partial charge in [0.1, 0.15) is 0 Å². The van der Waals surface area contributed by atoms with Gasteiger partial charge in [0.2, 0.25) is 5.91 Å². The minimum atomic E-state index is 0.0455. The van der Waals surface area contributed by atoms with E-state index in [4.69, 9.17) is 5.26 Å². The maximum Gasteiger partial charge on any atom is 0.216 e. The van der Waals surface area contributed by atoms with Gasteiger partial charge in [0.25, 0.3) is 0 Å². The third kappa shape index (κ3) is 3.72. The fraction of sp³-hybridized carbons (Fsp3) is 0.467. The van der Waals surface area contributed by atoms with Gasteiger partial charge in [-0.3, -0.25) is 4.79 Å². The van der Waals surface area contributed by atoms with E-state index in [-0.39, 0.29) is 5.91 Å². The Bertz CT molecular complexity index is 484. The fourth-order valence-electron chi connectivity index (χ4n) is 2.46. The number of hydrogen-bond acceptors (Lipinski definition) is 3. The van der Waals surface area contributed by atoms with Gasteiger partial charge in [-0.15, -0.1) is 0 Å². The Hall–Kier alpha value is -2.02. The van der Waals surface area contributed by atoms with Gasteiger partial charge in [0.05, 0.1) is 11.6 Å². The standard InChI is InChI=1S/C15H19N3O/c1-12(19)17-11-13-5-7-18(8-6-13)15-4-2-3-14(9-15)10-16/h2-4,9,13H,5-8,11H2,1H3,(H,17,19). The molecule has 2 rings (SSSR count). The van der Waals surface area contributed by atoms with E-state index in [1.165, 1.54) is 0 Å². The lowest BCUT2D eigenvalue weighted by Crippen LogP contribution is -2.38. The topological polar surface area (TPSA) is 56.1 Å². The summed E-state index contributed by atoms with van der Waals surface area (Å²) in [7, 11) is 0. The summed E-state index contributed by atoms with van der Waals surface area (Å²) in [6, 6.07) is 9.92. The predicted molar refractivity (Wildman–Crippen MR) is 74.8 cm³/mol. The van der Waals surface area contributed by atoms with E-state index in [0.29, 0.717) is 11.5 Å². The van der Waals surface area contributed by atoms with E-state index in [2.05, 4.69) is 22.4 Å². The molecule has 0 aromatic heterocycles. The average Bonchev–Trinajstić information content (AvgIpc) is 2.45. The monoisotopic (exact) mass is 257 g/mol. The molecular weight excluding hydrogens is 238 g/mol. The lowest BCUT2D eigenvalue weighted by atomic mass is 9.96. The summed E-state index contributed by atoms with van der Waals surface area (Å²) in [5.41, 5.74) is 1.83. The van der Waals surface area contributed by atoms with Crippen molar-refractivity contribution in [3.63, 3.8) is 0 Å². The first-order chi connectivity index (χ1) is 9.19. The van der Waals surface area contributed by atoms with E-state index in [1.807, 2.05) is 18.2 Å². The molecule has 4 heteroatoms. The number of hydrogen-bond donors (Lipinski definition) is 1. The average molecular weight is 257 g/mol. The summed E-state index contributed by atoms with van der Waals surface area (Å²) in [5.74, 6) is 0.614. The third-order valence-corrected chi connectivity index (χ3v) is 3.59. The van der Waals surface area contributed by atoms with E-state index in [9.17, 15) is 4.79 Å². The molecular formula is C15H19N3O. The highest BCUT2D eigenvalue weighted by molar-refractivity contribution is 5.72.